The van der Waals surface area contributed by atoms with Gasteiger partial charge in [-0.05, 0) is 19.4 Å². The molecule has 0 aromatic carbocycles. The fourth-order valence-electron chi connectivity index (χ4n) is 1.60. The van der Waals surface area contributed by atoms with Crippen molar-refractivity contribution < 1.29 is 9.90 Å². The summed E-state index contributed by atoms with van der Waals surface area (Å²) in [4.78, 5) is 13.8. The highest BCUT2D eigenvalue weighted by Crippen LogP contribution is 2.19. The summed E-state index contributed by atoms with van der Waals surface area (Å²) in [7, 11) is 0. The maximum atomic E-state index is 11.2. The Morgan fingerprint density at radius 2 is 2.41 bits per heavy atom. The van der Waals surface area contributed by atoms with E-state index in [1.165, 1.54) is 0 Å². The van der Waals surface area contributed by atoms with Crippen LogP contribution in [0.15, 0.2) is 5.11 Å². The van der Waals surface area contributed by atoms with Crippen molar-refractivity contribution in [3.8, 4) is 0 Å². The monoisotopic (exact) mass is 238 g/mol. The highest BCUT2D eigenvalue weighted by Gasteiger charge is 2.24. The van der Waals surface area contributed by atoms with Gasteiger partial charge in [0.25, 0.3) is 0 Å². The number of aryl methyl sites for hydroxylation is 2. The van der Waals surface area contributed by atoms with Gasteiger partial charge in [-0.25, -0.2) is 0 Å². The Kier molecular flexibility index (Phi) is 4.50. The van der Waals surface area contributed by atoms with Crippen LogP contribution in [0.4, 0.5) is 0 Å². The highest BCUT2D eigenvalue weighted by atomic mass is 16.4. The summed E-state index contributed by atoms with van der Waals surface area (Å²) in [5.41, 5.74) is 10.1. The standard InChI is InChI=1S/C9H14N6O2/c1-5-7(6(2)14-13-5)8(9(16)17)11-3-4-12-15-10/h8,11H,3-4H2,1-2H3,(H,13,14)(H,16,17). The minimum absolute atomic E-state index is 0.205. The number of nitrogens with zero attached hydrogens (tertiary/aromatic N) is 4. The van der Waals surface area contributed by atoms with Crippen LogP contribution in [0.3, 0.4) is 0 Å². The number of aromatic amines is 1. The van der Waals surface area contributed by atoms with E-state index < -0.39 is 12.0 Å². The zero-order valence-corrected chi connectivity index (χ0v) is 9.64. The van der Waals surface area contributed by atoms with E-state index in [-0.39, 0.29) is 6.54 Å². The van der Waals surface area contributed by atoms with Gasteiger partial charge in [0.1, 0.15) is 6.04 Å². The van der Waals surface area contributed by atoms with Crippen molar-refractivity contribution >= 4 is 5.97 Å². The molecule has 8 heteroatoms. The first kappa shape index (κ1) is 13.0. The van der Waals surface area contributed by atoms with Crippen LogP contribution in [-0.4, -0.2) is 34.4 Å². The number of aliphatic carboxylic acids is 1. The molecule has 1 atom stereocenters. The second-order valence-corrected chi connectivity index (χ2v) is 3.53. The van der Waals surface area contributed by atoms with Crippen LogP contribution in [-0.2, 0) is 4.79 Å². The van der Waals surface area contributed by atoms with Gasteiger partial charge in [0, 0.05) is 29.3 Å². The van der Waals surface area contributed by atoms with Crippen LogP contribution in [0.25, 0.3) is 10.4 Å². The Morgan fingerprint density at radius 3 is 2.88 bits per heavy atom. The van der Waals surface area contributed by atoms with Crippen molar-refractivity contribution in [2.45, 2.75) is 19.9 Å². The van der Waals surface area contributed by atoms with Gasteiger partial charge in [0.2, 0.25) is 0 Å². The molecule has 0 amide bonds. The Labute approximate surface area is 97.7 Å². The summed E-state index contributed by atoms with van der Waals surface area (Å²) in [6.45, 7) is 4.01. The number of carboxylic acids is 1. The molecule has 0 bridgehead atoms. The number of azide groups is 1. The van der Waals surface area contributed by atoms with Gasteiger partial charge in [0.15, 0.2) is 0 Å². The molecule has 0 aliphatic heterocycles. The molecule has 0 radical (unpaired) electrons. The van der Waals surface area contributed by atoms with E-state index in [0.29, 0.717) is 23.5 Å². The van der Waals surface area contributed by atoms with Gasteiger partial charge in [-0.3, -0.25) is 9.89 Å². The van der Waals surface area contributed by atoms with Crippen LogP contribution < -0.4 is 5.32 Å². The molecular weight excluding hydrogens is 224 g/mol. The van der Waals surface area contributed by atoms with E-state index in [1.807, 2.05) is 0 Å². The first-order valence-corrected chi connectivity index (χ1v) is 5.06. The smallest absolute Gasteiger partial charge is 0.325 e. The molecule has 0 spiro atoms. The lowest BCUT2D eigenvalue weighted by Gasteiger charge is -2.14. The van der Waals surface area contributed by atoms with E-state index in [1.54, 1.807) is 13.8 Å². The van der Waals surface area contributed by atoms with Gasteiger partial charge in [-0.15, -0.1) is 0 Å². The number of aromatic nitrogens is 2. The SMILES string of the molecule is Cc1n[nH]c(C)c1C(NCCN=[N+]=[N-])C(=O)O. The Morgan fingerprint density at radius 1 is 1.71 bits per heavy atom. The van der Waals surface area contributed by atoms with Crippen LogP contribution in [0.5, 0.6) is 0 Å². The Bertz CT molecular complexity index is 429. The third kappa shape index (κ3) is 3.20. The quantitative estimate of drug-likeness (QED) is 0.296. The molecule has 0 fully saturated rings. The molecule has 1 aromatic heterocycles. The Balaban J connectivity index is 2.79. The number of hydrogen-bond acceptors (Lipinski definition) is 4. The van der Waals surface area contributed by atoms with E-state index in [9.17, 15) is 4.79 Å². The molecule has 8 nitrogen and oxygen atoms in total. The predicted molar refractivity (Wildman–Crippen MR) is 60.5 cm³/mol. The van der Waals surface area contributed by atoms with Gasteiger partial charge in [0.05, 0.1) is 5.69 Å². The van der Waals surface area contributed by atoms with Crippen LogP contribution in [0.1, 0.15) is 23.0 Å². The van der Waals surface area contributed by atoms with Crippen molar-refractivity contribution in [2.75, 3.05) is 13.1 Å². The number of rotatable bonds is 6. The predicted octanol–water partition coefficient (Wildman–Crippen LogP) is 1.05. The van der Waals surface area contributed by atoms with Crippen molar-refractivity contribution in [1.29, 1.82) is 0 Å². The second-order valence-electron chi connectivity index (χ2n) is 3.53. The lowest BCUT2D eigenvalue weighted by molar-refractivity contribution is -0.139. The maximum absolute atomic E-state index is 11.2. The van der Waals surface area contributed by atoms with E-state index >= 15 is 0 Å². The lowest BCUT2D eigenvalue weighted by atomic mass is 10.1. The van der Waals surface area contributed by atoms with Crippen LogP contribution in [0, 0.1) is 13.8 Å². The normalized spacial score (nSPS) is 11.9. The molecule has 17 heavy (non-hydrogen) atoms. The Hall–Kier alpha value is -2.05. The van der Waals surface area contributed by atoms with Gasteiger partial charge < -0.3 is 10.4 Å². The third-order valence-electron chi connectivity index (χ3n) is 2.34. The highest BCUT2D eigenvalue weighted by molar-refractivity contribution is 5.76. The molecule has 0 aliphatic carbocycles. The van der Waals surface area contributed by atoms with Crippen molar-refractivity contribution in [1.82, 2.24) is 15.5 Å². The molecular formula is C9H14N6O2. The minimum atomic E-state index is -0.987. The van der Waals surface area contributed by atoms with Gasteiger partial charge in [-0.2, -0.15) is 5.10 Å². The summed E-state index contributed by atoms with van der Waals surface area (Å²) in [6, 6.07) is -0.845. The molecule has 1 aromatic rings. The summed E-state index contributed by atoms with van der Waals surface area (Å²) in [6.07, 6.45) is 0. The average molecular weight is 238 g/mol. The second kappa shape index (κ2) is 5.88. The summed E-state index contributed by atoms with van der Waals surface area (Å²) >= 11 is 0. The molecule has 3 N–H and O–H groups in total. The summed E-state index contributed by atoms with van der Waals surface area (Å²) in [5.74, 6) is -0.987. The molecule has 1 rings (SSSR count). The fraction of sp³-hybridized carbons (Fsp3) is 0.556. The molecule has 1 heterocycles. The fourth-order valence-corrected chi connectivity index (χ4v) is 1.60. The van der Waals surface area contributed by atoms with Crippen molar-refractivity contribution in [3.05, 3.63) is 27.4 Å². The molecule has 0 aliphatic rings. The average Bonchev–Trinajstić information content (AvgIpc) is 2.59. The number of H-pyrrole nitrogens is 1. The number of hydrogen-bond donors (Lipinski definition) is 3. The molecule has 1 unspecified atom stereocenters. The van der Waals surface area contributed by atoms with Crippen molar-refractivity contribution in [2.24, 2.45) is 5.11 Å². The minimum Gasteiger partial charge on any atom is -0.480 e. The van der Waals surface area contributed by atoms with E-state index in [0.717, 1.165) is 0 Å². The summed E-state index contributed by atoms with van der Waals surface area (Å²) < 4.78 is 0. The lowest BCUT2D eigenvalue weighted by Crippen LogP contribution is -2.31. The number of nitrogens with one attached hydrogen (secondary N) is 2. The summed E-state index contributed by atoms with van der Waals surface area (Å²) in [5, 5.41) is 22.0. The first-order valence-electron chi connectivity index (χ1n) is 5.06. The number of carboxylic acid groups (broad SMARTS) is 1. The third-order valence-corrected chi connectivity index (χ3v) is 2.34. The van der Waals surface area contributed by atoms with E-state index in [4.69, 9.17) is 10.6 Å². The largest absolute Gasteiger partial charge is 0.480 e. The topological polar surface area (TPSA) is 127 Å². The number of carbonyl (C=O) groups is 1. The van der Waals surface area contributed by atoms with Crippen molar-refractivity contribution in [3.63, 3.8) is 0 Å². The molecule has 0 saturated carbocycles. The van der Waals surface area contributed by atoms with E-state index in [2.05, 4.69) is 25.5 Å². The van der Waals surface area contributed by atoms with Crippen LogP contribution >= 0.6 is 0 Å². The van der Waals surface area contributed by atoms with Crippen LogP contribution in [0.2, 0.25) is 0 Å². The maximum Gasteiger partial charge on any atom is 0.325 e. The first-order chi connectivity index (χ1) is 8.07. The molecule has 92 valence electrons. The van der Waals surface area contributed by atoms with Gasteiger partial charge >= 0.3 is 5.97 Å². The zero-order valence-electron chi connectivity index (χ0n) is 9.64. The van der Waals surface area contributed by atoms with Gasteiger partial charge in [-0.1, -0.05) is 5.11 Å². The zero-order chi connectivity index (χ0) is 12.8. The molecule has 0 saturated heterocycles.